The Bertz CT molecular complexity index is 79.9. The molecule has 0 radical (unpaired) electrons. The molecule has 0 aliphatic rings. The van der Waals surface area contributed by atoms with Gasteiger partial charge in [0.05, 0.1) is 12.4 Å². The summed E-state index contributed by atoms with van der Waals surface area (Å²) in [5.74, 6) is 1.00. The molecule has 0 unspecified atom stereocenters. The lowest BCUT2D eigenvalue weighted by Gasteiger charge is -1.98. The van der Waals surface area contributed by atoms with Crippen molar-refractivity contribution in [1.82, 2.24) is 0 Å². The van der Waals surface area contributed by atoms with E-state index in [1.54, 1.807) is 0 Å². The highest BCUT2D eigenvalue weighted by Gasteiger charge is 1.77. The third-order valence-corrected chi connectivity index (χ3v) is 0.779. The lowest BCUT2D eigenvalue weighted by atomic mass is 10.5. The van der Waals surface area contributed by atoms with Gasteiger partial charge in [0.2, 0.25) is 0 Å². The van der Waals surface area contributed by atoms with Gasteiger partial charge in [-0.1, -0.05) is 26.8 Å². The molecule has 0 aromatic heterocycles. The maximum atomic E-state index is 5.05. The summed E-state index contributed by atoms with van der Waals surface area (Å²) < 4.78 is 5.05. The van der Waals surface area contributed by atoms with E-state index in [-0.39, 0.29) is 0 Å². The summed E-state index contributed by atoms with van der Waals surface area (Å²) in [5, 5.41) is 0. The molecule has 2 N–H and O–H groups in total. The van der Waals surface area contributed by atoms with Crippen LogP contribution in [0.15, 0.2) is 11.8 Å². The van der Waals surface area contributed by atoms with E-state index in [2.05, 4.69) is 0 Å². The quantitative estimate of drug-likeness (QED) is 0.655. The van der Waals surface area contributed by atoms with Crippen molar-refractivity contribution in [2.75, 3.05) is 13.2 Å². The highest BCUT2D eigenvalue weighted by Crippen LogP contribution is 1.91. The molecule has 76 valence electrons. The normalized spacial score (nSPS) is 8.75. The Hall–Kier alpha value is -0.500. The monoisotopic (exact) mass is 175 g/mol. The van der Waals surface area contributed by atoms with Crippen LogP contribution in [0.3, 0.4) is 0 Å². The number of ether oxygens (including phenoxy) is 1. The van der Waals surface area contributed by atoms with Gasteiger partial charge in [0.1, 0.15) is 0 Å². The standard InChI is InChI=1S/C6H12O.C2H7N.C2H6/c1-4-6(3)7-5-2;1-2-3;1-2/h4H,5H2,1-3H3;2-3H2,1H3;1-2H3/b6-4-;;. The first-order valence-corrected chi connectivity index (χ1v) is 4.68. The molecule has 0 aromatic rings. The Balaban J connectivity index is -0.000000137. The number of hydrogen-bond donors (Lipinski definition) is 1. The zero-order valence-electron chi connectivity index (χ0n) is 9.48. The van der Waals surface area contributed by atoms with E-state index in [0.29, 0.717) is 0 Å². The van der Waals surface area contributed by atoms with Gasteiger partial charge in [0.15, 0.2) is 0 Å². The third-order valence-electron chi connectivity index (χ3n) is 0.779. The van der Waals surface area contributed by atoms with Crippen molar-refractivity contribution in [3.63, 3.8) is 0 Å². The molecule has 2 nitrogen and oxygen atoms in total. The first-order chi connectivity index (χ1) is 5.72. The molecule has 0 aromatic carbocycles. The molecule has 0 saturated heterocycles. The summed E-state index contributed by atoms with van der Waals surface area (Å²) in [6, 6.07) is 0. The zero-order chi connectivity index (χ0) is 10.4. The molecule has 0 amide bonds. The third kappa shape index (κ3) is 33.9. The Morgan fingerprint density at radius 1 is 1.33 bits per heavy atom. The zero-order valence-corrected chi connectivity index (χ0v) is 9.48. The number of rotatable bonds is 2. The van der Waals surface area contributed by atoms with Crippen molar-refractivity contribution in [3.8, 4) is 0 Å². The SMILES string of the molecule is C/C=C(/C)OCC.CC.CCN. The van der Waals surface area contributed by atoms with Crippen LogP contribution in [-0.2, 0) is 4.74 Å². The number of allylic oxidation sites excluding steroid dienone is 2. The molecule has 12 heavy (non-hydrogen) atoms. The first-order valence-electron chi connectivity index (χ1n) is 4.68. The fourth-order valence-electron chi connectivity index (χ4n) is 0.311. The van der Waals surface area contributed by atoms with Gasteiger partial charge in [-0.3, -0.25) is 0 Å². The molecule has 0 atom stereocenters. The van der Waals surface area contributed by atoms with Gasteiger partial charge < -0.3 is 10.5 Å². The molecule has 0 rings (SSSR count). The summed E-state index contributed by atoms with van der Waals surface area (Å²) in [7, 11) is 0. The van der Waals surface area contributed by atoms with E-state index in [0.717, 1.165) is 18.9 Å². The molecule has 0 aliphatic heterocycles. The van der Waals surface area contributed by atoms with Crippen molar-refractivity contribution in [1.29, 1.82) is 0 Å². The fraction of sp³-hybridized carbons (Fsp3) is 0.800. The minimum Gasteiger partial charge on any atom is -0.499 e. The van der Waals surface area contributed by atoms with E-state index >= 15 is 0 Å². The smallest absolute Gasteiger partial charge is 0.0886 e. The van der Waals surface area contributed by atoms with E-state index in [4.69, 9.17) is 10.5 Å². The highest BCUT2D eigenvalue weighted by molar-refractivity contribution is 4.83. The average Bonchev–Trinajstić information content (AvgIpc) is 2.10. The van der Waals surface area contributed by atoms with E-state index < -0.39 is 0 Å². The lowest BCUT2D eigenvalue weighted by Crippen LogP contribution is -1.87. The van der Waals surface area contributed by atoms with Crippen molar-refractivity contribution in [3.05, 3.63) is 11.8 Å². The van der Waals surface area contributed by atoms with Crippen LogP contribution in [0.2, 0.25) is 0 Å². The van der Waals surface area contributed by atoms with Crippen molar-refractivity contribution < 1.29 is 4.74 Å². The average molecular weight is 175 g/mol. The van der Waals surface area contributed by atoms with Crippen LogP contribution < -0.4 is 5.73 Å². The topological polar surface area (TPSA) is 35.2 Å². The van der Waals surface area contributed by atoms with Crippen LogP contribution in [0.5, 0.6) is 0 Å². The molecular weight excluding hydrogens is 150 g/mol. The van der Waals surface area contributed by atoms with Gasteiger partial charge >= 0.3 is 0 Å². The maximum Gasteiger partial charge on any atom is 0.0886 e. The number of nitrogens with two attached hydrogens (primary N) is 1. The van der Waals surface area contributed by atoms with Gasteiger partial charge in [0, 0.05) is 0 Å². The summed E-state index contributed by atoms with van der Waals surface area (Å²) in [5.41, 5.74) is 4.85. The van der Waals surface area contributed by atoms with Crippen LogP contribution in [-0.4, -0.2) is 13.2 Å². The Kier molecular flexibility index (Phi) is 32.8. The van der Waals surface area contributed by atoms with Crippen LogP contribution >= 0.6 is 0 Å². The predicted octanol–water partition coefficient (Wildman–Crippen LogP) is 2.94. The van der Waals surface area contributed by atoms with E-state index in [9.17, 15) is 0 Å². The van der Waals surface area contributed by atoms with E-state index in [1.807, 2.05) is 47.6 Å². The maximum absolute atomic E-state index is 5.05. The summed E-state index contributed by atoms with van der Waals surface area (Å²) in [6.45, 7) is 13.3. The van der Waals surface area contributed by atoms with Gasteiger partial charge in [-0.05, 0) is 27.3 Å². The Morgan fingerprint density at radius 2 is 1.67 bits per heavy atom. The Labute approximate surface area is 77.8 Å². The molecular formula is C10H25NO. The Morgan fingerprint density at radius 3 is 1.75 bits per heavy atom. The van der Waals surface area contributed by atoms with Gasteiger partial charge in [0.25, 0.3) is 0 Å². The van der Waals surface area contributed by atoms with Crippen LogP contribution in [0, 0.1) is 0 Å². The first kappa shape index (κ1) is 17.5. The highest BCUT2D eigenvalue weighted by atomic mass is 16.5. The minimum absolute atomic E-state index is 0.750. The summed E-state index contributed by atoms with van der Waals surface area (Å²) in [4.78, 5) is 0. The predicted molar refractivity (Wildman–Crippen MR) is 57.1 cm³/mol. The molecule has 0 bridgehead atoms. The molecule has 0 spiro atoms. The fourth-order valence-corrected chi connectivity index (χ4v) is 0.311. The summed E-state index contributed by atoms with van der Waals surface area (Å²) >= 11 is 0. The number of hydrogen-bond acceptors (Lipinski definition) is 2. The lowest BCUT2D eigenvalue weighted by molar-refractivity contribution is 0.231. The molecule has 2 heteroatoms. The van der Waals surface area contributed by atoms with Gasteiger partial charge in [-0.25, -0.2) is 0 Å². The van der Waals surface area contributed by atoms with Crippen molar-refractivity contribution in [2.45, 2.75) is 41.5 Å². The second-order valence-electron chi connectivity index (χ2n) is 1.74. The molecule has 0 saturated carbocycles. The molecule has 0 aliphatic carbocycles. The largest absolute Gasteiger partial charge is 0.499 e. The van der Waals surface area contributed by atoms with Crippen molar-refractivity contribution in [2.24, 2.45) is 5.73 Å². The minimum atomic E-state index is 0.750. The molecule has 0 fully saturated rings. The van der Waals surface area contributed by atoms with Gasteiger partial charge in [-0.15, -0.1) is 0 Å². The van der Waals surface area contributed by atoms with Crippen LogP contribution in [0.4, 0.5) is 0 Å². The van der Waals surface area contributed by atoms with Gasteiger partial charge in [-0.2, -0.15) is 0 Å². The van der Waals surface area contributed by atoms with Crippen LogP contribution in [0.25, 0.3) is 0 Å². The van der Waals surface area contributed by atoms with Crippen molar-refractivity contribution >= 4 is 0 Å². The van der Waals surface area contributed by atoms with Crippen LogP contribution in [0.1, 0.15) is 41.5 Å². The molecule has 0 heterocycles. The van der Waals surface area contributed by atoms with E-state index in [1.165, 1.54) is 0 Å². The second kappa shape index (κ2) is 22.4. The second-order valence-corrected chi connectivity index (χ2v) is 1.74. The summed E-state index contributed by atoms with van der Waals surface area (Å²) in [6.07, 6.45) is 1.95.